The lowest BCUT2D eigenvalue weighted by molar-refractivity contribution is 0.0953. The van der Waals surface area contributed by atoms with Gasteiger partial charge in [0, 0.05) is 24.0 Å². The number of pyridine rings is 1. The number of hydrogen-bond acceptors (Lipinski definition) is 3. The van der Waals surface area contributed by atoms with Gasteiger partial charge in [-0.05, 0) is 38.4 Å². The first-order chi connectivity index (χ1) is 7.24. The third-order valence-electron chi connectivity index (χ3n) is 2.08. The van der Waals surface area contributed by atoms with Crippen molar-refractivity contribution in [3.05, 3.63) is 29.6 Å². The molecule has 0 saturated carbocycles. The topological polar surface area (TPSA) is 68.0 Å². The minimum atomic E-state index is -0.0440. The van der Waals surface area contributed by atoms with Gasteiger partial charge in [0.15, 0.2) is 0 Å². The molecule has 1 aromatic heterocycles. The average molecular weight is 207 g/mol. The van der Waals surface area contributed by atoms with Gasteiger partial charge in [0.1, 0.15) is 0 Å². The fourth-order valence-electron chi connectivity index (χ4n) is 1.26. The molecule has 1 rings (SSSR count). The molecule has 0 aliphatic carbocycles. The largest absolute Gasteiger partial charge is 0.352 e. The molecule has 0 aliphatic rings. The van der Waals surface area contributed by atoms with Crippen molar-refractivity contribution in [2.45, 2.75) is 19.8 Å². The van der Waals surface area contributed by atoms with E-state index in [0.29, 0.717) is 18.7 Å². The van der Waals surface area contributed by atoms with Crippen molar-refractivity contribution in [3.8, 4) is 0 Å². The van der Waals surface area contributed by atoms with E-state index in [9.17, 15) is 4.79 Å². The zero-order valence-electron chi connectivity index (χ0n) is 8.99. The Morgan fingerprint density at radius 3 is 3.00 bits per heavy atom. The molecule has 0 radical (unpaired) electrons. The summed E-state index contributed by atoms with van der Waals surface area (Å²) in [6.07, 6.45) is 3.51. The maximum Gasteiger partial charge on any atom is 0.251 e. The summed E-state index contributed by atoms with van der Waals surface area (Å²) in [4.78, 5) is 15.6. The molecule has 0 unspecified atom stereocenters. The van der Waals surface area contributed by atoms with E-state index in [1.54, 1.807) is 18.3 Å². The number of unbranched alkanes of at least 4 members (excludes halogenated alkanes) is 1. The Bertz CT molecular complexity index is 325. The van der Waals surface area contributed by atoms with Gasteiger partial charge in [-0.15, -0.1) is 0 Å². The number of rotatable bonds is 5. The van der Waals surface area contributed by atoms with E-state index in [1.165, 1.54) is 0 Å². The van der Waals surface area contributed by atoms with Crippen LogP contribution in [0.5, 0.6) is 0 Å². The zero-order chi connectivity index (χ0) is 11.1. The van der Waals surface area contributed by atoms with Gasteiger partial charge >= 0.3 is 0 Å². The van der Waals surface area contributed by atoms with E-state index in [2.05, 4.69) is 10.3 Å². The van der Waals surface area contributed by atoms with Crippen LogP contribution in [0, 0.1) is 6.92 Å². The van der Waals surface area contributed by atoms with Crippen LogP contribution in [0.2, 0.25) is 0 Å². The Morgan fingerprint density at radius 2 is 2.33 bits per heavy atom. The zero-order valence-corrected chi connectivity index (χ0v) is 8.99. The third kappa shape index (κ3) is 4.08. The number of carbonyl (C=O) groups is 1. The van der Waals surface area contributed by atoms with Crippen LogP contribution in [0.4, 0.5) is 0 Å². The Morgan fingerprint density at radius 1 is 1.53 bits per heavy atom. The molecule has 0 aromatic carbocycles. The number of amides is 1. The molecule has 0 spiro atoms. The highest BCUT2D eigenvalue weighted by molar-refractivity contribution is 5.94. The van der Waals surface area contributed by atoms with Gasteiger partial charge in [0.05, 0.1) is 0 Å². The molecular weight excluding hydrogens is 190 g/mol. The van der Waals surface area contributed by atoms with Crippen molar-refractivity contribution in [1.82, 2.24) is 10.3 Å². The van der Waals surface area contributed by atoms with Crippen LogP contribution in [0.3, 0.4) is 0 Å². The molecule has 15 heavy (non-hydrogen) atoms. The van der Waals surface area contributed by atoms with Crippen molar-refractivity contribution in [2.24, 2.45) is 5.73 Å². The summed E-state index contributed by atoms with van der Waals surface area (Å²) >= 11 is 0. The van der Waals surface area contributed by atoms with E-state index in [0.717, 1.165) is 18.5 Å². The number of nitrogens with two attached hydrogens (primary N) is 1. The Labute approximate surface area is 89.9 Å². The Balaban J connectivity index is 2.40. The number of nitrogens with zero attached hydrogens (tertiary/aromatic N) is 1. The lowest BCUT2D eigenvalue weighted by atomic mass is 10.2. The monoisotopic (exact) mass is 207 g/mol. The van der Waals surface area contributed by atoms with Gasteiger partial charge in [0.25, 0.3) is 5.91 Å². The number of carbonyl (C=O) groups excluding carboxylic acids is 1. The summed E-state index contributed by atoms with van der Waals surface area (Å²) in [6.45, 7) is 3.22. The van der Waals surface area contributed by atoms with Gasteiger partial charge < -0.3 is 11.1 Å². The van der Waals surface area contributed by atoms with Crippen LogP contribution in [0.15, 0.2) is 18.3 Å². The van der Waals surface area contributed by atoms with E-state index < -0.39 is 0 Å². The van der Waals surface area contributed by atoms with Crippen molar-refractivity contribution < 1.29 is 4.79 Å². The second-order valence-corrected chi connectivity index (χ2v) is 3.44. The van der Waals surface area contributed by atoms with E-state index in [4.69, 9.17) is 5.73 Å². The molecule has 0 bridgehead atoms. The molecule has 0 atom stereocenters. The predicted octanol–water partition coefficient (Wildman–Crippen LogP) is 0.859. The molecule has 0 saturated heterocycles. The second-order valence-electron chi connectivity index (χ2n) is 3.44. The van der Waals surface area contributed by atoms with Gasteiger partial charge in [-0.2, -0.15) is 0 Å². The molecule has 1 heterocycles. The summed E-state index contributed by atoms with van der Waals surface area (Å²) in [5, 5.41) is 2.84. The quantitative estimate of drug-likeness (QED) is 0.704. The van der Waals surface area contributed by atoms with Crippen molar-refractivity contribution in [3.63, 3.8) is 0 Å². The maximum absolute atomic E-state index is 11.6. The minimum absolute atomic E-state index is 0.0440. The van der Waals surface area contributed by atoms with E-state index in [1.807, 2.05) is 6.92 Å². The Hall–Kier alpha value is -1.42. The lowest BCUT2D eigenvalue weighted by Gasteiger charge is -2.04. The second kappa shape index (κ2) is 6.14. The highest BCUT2D eigenvalue weighted by atomic mass is 16.1. The van der Waals surface area contributed by atoms with E-state index >= 15 is 0 Å². The summed E-state index contributed by atoms with van der Waals surface area (Å²) in [7, 11) is 0. The first kappa shape index (κ1) is 11.7. The molecule has 82 valence electrons. The van der Waals surface area contributed by atoms with Gasteiger partial charge in [0.2, 0.25) is 0 Å². The smallest absolute Gasteiger partial charge is 0.251 e. The number of aryl methyl sites for hydroxylation is 1. The van der Waals surface area contributed by atoms with Crippen molar-refractivity contribution >= 4 is 5.91 Å². The van der Waals surface area contributed by atoms with Crippen LogP contribution < -0.4 is 11.1 Å². The summed E-state index contributed by atoms with van der Waals surface area (Å²) in [6, 6.07) is 3.49. The first-order valence-corrected chi connectivity index (χ1v) is 5.15. The predicted molar refractivity (Wildman–Crippen MR) is 59.6 cm³/mol. The van der Waals surface area contributed by atoms with Gasteiger partial charge in [-0.25, -0.2) is 0 Å². The number of nitrogens with one attached hydrogen (secondary N) is 1. The van der Waals surface area contributed by atoms with E-state index in [-0.39, 0.29) is 5.91 Å². The number of hydrogen-bond donors (Lipinski definition) is 2. The fourth-order valence-corrected chi connectivity index (χ4v) is 1.26. The molecule has 4 heteroatoms. The molecule has 1 amide bonds. The molecular formula is C11H17N3O. The van der Waals surface area contributed by atoms with Crippen molar-refractivity contribution in [1.29, 1.82) is 0 Å². The standard InChI is InChI=1S/C11H17N3O/c1-9-8-10(4-7-13-9)11(15)14-6-3-2-5-12/h4,7-8H,2-3,5-6,12H2,1H3,(H,14,15). The summed E-state index contributed by atoms with van der Waals surface area (Å²) < 4.78 is 0. The fraction of sp³-hybridized carbons (Fsp3) is 0.455. The summed E-state index contributed by atoms with van der Waals surface area (Å²) in [5.74, 6) is -0.0440. The Kier molecular flexibility index (Phi) is 4.77. The van der Waals surface area contributed by atoms with Gasteiger partial charge in [-0.3, -0.25) is 9.78 Å². The average Bonchev–Trinajstić information content (AvgIpc) is 2.24. The van der Waals surface area contributed by atoms with Crippen LogP contribution in [0.25, 0.3) is 0 Å². The van der Waals surface area contributed by atoms with Crippen LogP contribution >= 0.6 is 0 Å². The normalized spacial score (nSPS) is 10.0. The molecule has 0 fully saturated rings. The highest BCUT2D eigenvalue weighted by Crippen LogP contribution is 2.00. The molecule has 1 aromatic rings. The molecule has 0 aliphatic heterocycles. The third-order valence-corrected chi connectivity index (χ3v) is 2.08. The molecule has 3 N–H and O–H groups in total. The SMILES string of the molecule is Cc1cc(C(=O)NCCCCN)ccn1. The maximum atomic E-state index is 11.6. The molecule has 4 nitrogen and oxygen atoms in total. The van der Waals surface area contributed by atoms with Crippen LogP contribution in [-0.4, -0.2) is 24.0 Å². The highest BCUT2D eigenvalue weighted by Gasteiger charge is 2.03. The van der Waals surface area contributed by atoms with Crippen LogP contribution in [-0.2, 0) is 0 Å². The minimum Gasteiger partial charge on any atom is -0.352 e. The number of aromatic nitrogens is 1. The van der Waals surface area contributed by atoms with Gasteiger partial charge in [-0.1, -0.05) is 0 Å². The first-order valence-electron chi connectivity index (χ1n) is 5.15. The summed E-state index contributed by atoms with van der Waals surface area (Å²) in [5.41, 5.74) is 6.87. The lowest BCUT2D eigenvalue weighted by Crippen LogP contribution is -2.24. The van der Waals surface area contributed by atoms with Crippen LogP contribution in [0.1, 0.15) is 28.9 Å². The van der Waals surface area contributed by atoms with Crippen molar-refractivity contribution in [2.75, 3.05) is 13.1 Å².